The number of nitrogens with one attached hydrogen (secondary N) is 1. The molecule has 2 aromatic heterocycles. The molecule has 19 heavy (non-hydrogen) atoms. The number of halogens is 1. The van der Waals surface area contributed by atoms with E-state index in [1.165, 1.54) is 0 Å². The van der Waals surface area contributed by atoms with E-state index >= 15 is 0 Å². The second-order valence-corrected chi connectivity index (χ2v) is 5.29. The molecular weight excluding hydrogens is 264 g/mol. The third-order valence-corrected chi connectivity index (χ3v) is 3.83. The minimum atomic E-state index is -0.0603. The zero-order valence-corrected chi connectivity index (χ0v) is 11.4. The minimum Gasteiger partial charge on any atom is -0.316 e. The Labute approximate surface area is 115 Å². The fourth-order valence-corrected chi connectivity index (χ4v) is 2.76. The summed E-state index contributed by atoms with van der Waals surface area (Å²) >= 11 is 5.83. The number of rotatable bonds is 1. The van der Waals surface area contributed by atoms with Crippen LogP contribution in [0.1, 0.15) is 24.6 Å². The monoisotopic (exact) mass is 278 g/mol. The van der Waals surface area contributed by atoms with Crippen molar-refractivity contribution in [1.82, 2.24) is 19.9 Å². The third kappa shape index (κ3) is 2.24. The van der Waals surface area contributed by atoms with E-state index < -0.39 is 0 Å². The van der Waals surface area contributed by atoms with E-state index in [-0.39, 0.29) is 11.5 Å². The van der Waals surface area contributed by atoms with Gasteiger partial charge in [-0.05, 0) is 25.5 Å². The van der Waals surface area contributed by atoms with E-state index in [1.807, 2.05) is 0 Å². The number of fused-ring (bicyclic) bond motifs is 1. The lowest BCUT2D eigenvalue weighted by Crippen LogP contribution is -2.33. The van der Waals surface area contributed by atoms with Crippen molar-refractivity contribution in [1.29, 1.82) is 0 Å². The van der Waals surface area contributed by atoms with Crippen molar-refractivity contribution in [2.75, 3.05) is 13.1 Å². The number of hydrogen-bond donors (Lipinski definition) is 1. The lowest BCUT2D eigenvalue weighted by Gasteiger charge is -2.24. The first-order chi connectivity index (χ1) is 9.16. The van der Waals surface area contributed by atoms with Crippen molar-refractivity contribution in [3.8, 4) is 0 Å². The lowest BCUT2D eigenvalue weighted by molar-refractivity contribution is 0.434. The van der Waals surface area contributed by atoms with Crippen molar-refractivity contribution >= 4 is 22.5 Å². The highest BCUT2D eigenvalue weighted by atomic mass is 35.5. The van der Waals surface area contributed by atoms with Crippen LogP contribution in [0.4, 0.5) is 0 Å². The molecule has 3 rings (SSSR count). The Morgan fingerprint density at radius 1 is 1.53 bits per heavy atom. The first-order valence-corrected chi connectivity index (χ1v) is 6.77. The van der Waals surface area contributed by atoms with E-state index in [0.29, 0.717) is 16.1 Å². The van der Waals surface area contributed by atoms with Crippen LogP contribution in [-0.4, -0.2) is 27.6 Å². The minimum absolute atomic E-state index is 0.0603. The van der Waals surface area contributed by atoms with Gasteiger partial charge in [-0.15, -0.1) is 0 Å². The molecule has 1 N–H and O–H groups in total. The van der Waals surface area contributed by atoms with Gasteiger partial charge in [-0.25, -0.2) is 9.97 Å². The molecule has 5 nitrogen and oxygen atoms in total. The Morgan fingerprint density at radius 3 is 3.11 bits per heavy atom. The van der Waals surface area contributed by atoms with Gasteiger partial charge in [0, 0.05) is 19.5 Å². The molecule has 1 aliphatic rings. The number of pyridine rings is 1. The molecule has 100 valence electrons. The van der Waals surface area contributed by atoms with Gasteiger partial charge in [0.05, 0.1) is 17.1 Å². The Balaban J connectivity index is 2.18. The topological polar surface area (TPSA) is 59.8 Å². The molecule has 6 heteroatoms. The van der Waals surface area contributed by atoms with Crippen LogP contribution in [0.3, 0.4) is 0 Å². The second kappa shape index (κ2) is 4.90. The smallest absolute Gasteiger partial charge is 0.261 e. The van der Waals surface area contributed by atoms with Crippen molar-refractivity contribution in [3.63, 3.8) is 0 Å². The van der Waals surface area contributed by atoms with Crippen molar-refractivity contribution in [3.05, 3.63) is 33.6 Å². The van der Waals surface area contributed by atoms with Gasteiger partial charge < -0.3 is 5.32 Å². The largest absolute Gasteiger partial charge is 0.316 e. The van der Waals surface area contributed by atoms with Gasteiger partial charge in [-0.3, -0.25) is 9.36 Å². The first kappa shape index (κ1) is 12.6. The Bertz CT molecular complexity index is 676. The van der Waals surface area contributed by atoms with E-state index in [4.69, 9.17) is 11.6 Å². The van der Waals surface area contributed by atoms with Crippen molar-refractivity contribution in [2.45, 2.75) is 18.8 Å². The average molecular weight is 279 g/mol. The summed E-state index contributed by atoms with van der Waals surface area (Å²) in [5, 5.41) is 4.19. The predicted molar refractivity (Wildman–Crippen MR) is 74.6 cm³/mol. The molecule has 0 radical (unpaired) electrons. The van der Waals surface area contributed by atoms with Gasteiger partial charge in [-0.2, -0.15) is 0 Å². The second-order valence-electron chi connectivity index (χ2n) is 4.90. The summed E-state index contributed by atoms with van der Waals surface area (Å²) in [6.07, 6.45) is 3.73. The normalized spacial score (nSPS) is 19.8. The maximum atomic E-state index is 12.4. The molecule has 0 spiro atoms. The van der Waals surface area contributed by atoms with Gasteiger partial charge in [0.15, 0.2) is 0 Å². The fraction of sp³-hybridized carbons (Fsp3) is 0.462. The summed E-state index contributed by atoms with van der Waals surface area (Å²) in [6, 6.07) is 1.58. The van der Waals surface area contributed by atoms with Crippen LogP contribution < -0.4 is 10.9 Å². The zero-order chi connectivity index (χ0) is 13.4. The summed E-state index contributed by atoms with van der Waals surface area (Å²) in [5.41, 5.74) is 0.558. The highest BCUT2D eigenvalue weighted by Crippen LogP contribution is 2.22. The van der Waals surface area contributed by atoms with Crippen molar-refractivity contribution in [2.24, 2.45) is 7.05 Å². The van der Waals surface area contributed by atoms with Crippen LogP contribution in [-0.2, 0) is 7.05 Å². The van der Waals surface area contributed by atoms with E-state index in [1.54, 1.807) is 23.9 Å². The van der Waals surface area contributed by atoms with Crippen LogP contribution in [0.2, 0.25) is 5.15 Å². The zero-order valence-electron chi connectivity index (χ0n) is 10.7. The van der Waals surface area contributed by atoms with Gasteiger partial charge in [0.2, 0.25) is 0 Å². The van der Waals surface area contributed by atoms with E-state index in [9.17, 15) is 4.79 Å². The molecule has 1 saturated heterocycles. The van der Waals surface area contributed by atoms with Crippen LogP contribution in [0, 0.1) is 0 Å². The maximum Gasteiger partial charge on any atom is 0.261 e. The molecule has 0 saturated carbocycles. The first-order valence-electron chi connectivity index (χ1n) is 6.39. The number of nitrogens with zero attached hydrogens (tertiary/aromatic N) is 3. The van der Waals surface area contributed by atoms with Crippen LogP contribution in [0.25, 0.3) is 10.9 Å². The average Bonchev–Trinajstić information content (AvgIpc) is 2.44. The Kier molecular flexibility index (Phi) is 3.24. The van der Waals surface area contributed by atoms with Crippen LogP contribution in [0.15, 0.2) is 17.1 Å². The van der Waals surface area contributed by atoms with E-state index in [0.717, 1.165) is 31.8 Å². The van der Waals surface area contributed by atoms with Gasteiger partial charge in [-0.1, -0.05) is 11.6 Å². The van der Waals surface area contributed by atoms with E-state index in [2.05, 4.69) is 15.3 Å². The van der Waals surface area contributed by atoms with Gasteiger partial charge in [0.1, 0.15) is 11.0 Å². The molecular formula is C13H15ClN4O. The molecule has 0 aromatic carbocycles. The molecule has 0 amide bonds. The SMILES string of the molecule is Cn1c([C@@H]2CCCNC2)nc2cnc(Cl)cc2c1=O. The van der Waals surface area contributed by atoms with Crippen LogP contribution >= 0.6 is 11.6 Å². The third-order valence-electron chi connectivity index (χ3n) is 3.63. The highest BCUT2D eigenvalue weighted by Gasteiger charge is 2.20. The summed E-state index contributed by atoms with van der Waals surface area (Å²) in [7, 11) is 1.77. The standard InChI is InChI=1S/C13H15ClN4O/c1-18-12(8-3-2-4-15-6-8)17-10-7-16-11(14)5-9(10)13(18)19/h5,7-8,15H,2-4,6H2,1H3/t8-/m1/s1. The summed E-state index contributed by atoms with van der Waals surface area (Å²) < 4.78 is 1.64. The molecule has 0 bridgehead atoms. The molecule has 2 aromatic rings. The molecule has 3 heterocycles. The number of hydrogen-bond acceptors (Lipinski definition) is 4. The summed E-state index contributed by atoms with van der Waals surface area (Å²) in [5.74, 6) is 1.11. The van der Waals surface area contributed by atoms with Crippen molar-refractivity contribution < 1.29 is 0 Å². The molecule has 0 aliphatic carbocycles. The Hall–Kier alpha value is -1.46. The number of aromatic nitrogens is 3. The number of piperidine rings is 1. The summed E-state index contributed by atoms with van der Waals surface area (Å²) in [6.45, 7) is 1.90. The molecule has 1 atom stereocenters. The fourth-order valence-electron chi connectivity index (χ4n) is 2.60. The molecule has 1 aliphatic heterocycles. The van der Waals surface area contributed by atoms with Gasteiger partial charge >= 0.3 is 0 Å². The predicted octanol–water partition coefficient (Wildman–Crippen LogP) is 1.45. The maximum absolute atomic E-state index is 12.4. The quantitative estimate of drug-likeness (QED) is 0.802. The van der Waals surface area contributed by atoms with Gasteiger partial charge in [0.25, 0.3) is 5.56 Å². The lowest BCUT2D eigenvalue weighted by atomic mass is 9.98. The molecule has 0 unspecified atom stereocenters. The Morgan fingerprint density at radius 2 is 2.37 bits per heavy atom. The highest BCUT2D eigenvalue weighted by molar-refractivity contribution is 6.30. The summed E-state index contributed by atoms with van der Waals surface area (Å²) in [4.78, 5) is 21.0. The van der Waals surface area contributed by atoms with Crippen LogP contribution in [0.5, 0.6) is 0 Å². The molecule has 1 fully saturated rings.